The highest BCUT2D eigenvalue weighted by Crippen LogP contribution is 2.51. The third-order valence-corrected chi connectivity index (χ3v) is 8.63. The Hall–Kier alpha value is -3.80. The first kappa shape index (κ1) is 30.2. The number of hydrogen-bond acceptors (Lipinski definition) is 9. The first-order valence-electron chi connectivity index (χ1n) is 14.8. The minimum atomic E-state index is -1.35. The van der Waals surface area contributed by atoms with Gasteiger partial charge in [-0.3, -0.25) is 9.59 Å². The number of amides is 1. The summed E-state index contributed by atoms with van der Waals surface area (Å²) in [5, 5.41) is 14.7. The number of ether oxygens (including phenoxy) is 6. The highest BCUT2D eigenvalue weighted by Gasteiger charge is 2.72. The van der Waals surface area contributed by atoms with Crippen LogP contribution in [0.4, 0.5) is 0 Å². The number of hydrogen-bond donors (Lipinski definition) is 2. The zero-order chi connectivity index (χ0) is 30.7. The van der Waals surface area contributed by atoms with E-state index in [0.717, 1.165) is 16.7 Å². The van der Waals surface area contributed by atoms with Crippen LogP contribution in [0.3, 0.4) is 0 Å². The highest BCUT2D eigenvalue weighted by molar-refractivity contribution is 5.76. The first-order valence-corrected chi connectivity index (χ1v) is 14.8. The first-order chi connectivity index (χ1) is 21.4. The van der Waals surface area contributed by atoms with Gasteiger partial charge in [0, 0.05) is 12.8 Å². The summed E-state index contributed by atoms with van der Waals surface area (Å²) >= 11 is 0. The molecule has 2 bridgehead atoms. The molecule has 2 aliphatic heterocycles. The fraction of sp³-hybridized carbons (Fsp3) is 0.412. The second-order valence-corrected chi connectivity index (χ2v) is 11.4. The average molecular weight is 604 g/mol. The second kappa shape index (κ2) is 13.1. The molecule has 2 saturated heterocycles. The molecule has 1 saturated carbocycles. The van der Waals surface area contributed by atoms with E-state index >= 15 is 0 Å². The molecule has 10 nitrogen and oxygen atoms in total. The van der Waals surface area contributed by atoms with Gasteiger partial charge in [0.1, 0.15) is 41.8 Å². The maximum atomic E-state index is 13.0. The summed E-state index contributed by atoms with van der Waals surface area (Å²) in [6.45, 7) is 1.91. The van der Waals surface area contributed by atoms with Gasteiger partial charge in [0.2, 0.25) is 5.91 Å². The van der Waals surface area contributed by atoms with E-state index in [-0.39, 0.29) is 32.1 Å². The van der Waals surface area contributed by atoms with Crippen LogP contribution in [0.2, 0.25) is 0 Å². The topological polar surface area (TPSA) is 122 Å². The van der Waals surface area contributed by atoms with Crippen LogP contribution < -0.4 is 10.1 Å². The summed E-state index contributed by atoms with van der Waals surface area (Å²) in [6.07, 6.45) is -6.10. The van der Waals surface area contributed by atoms with Crippen molar-refractivity contribution >= 4 is 11.9 Å². The fourth-order valence-electron chi connectivity index (χ4n) is 6.69. The normalized spacial score (nSPS) is 30.7. The Bertz CT molecular complexity index is 1420. The van der Waals surface area contributed by atoms with E-state index in [2.05, 4.69) is 5.32 Å². The summed E-state index contributed by atoms with van der Waals surface area (Å²) in [5.41, 5.74) is 1.30. The van der Waals surface area contributed by atoms with Crippen molar-refractivity contribution in [3.05, 3.63) is 102 Å². The van der Waals surface area contributed by atoms with E-state index < -0.39 is 54.2 Å². The minimum Gasteiger partial charge on any atom is -0.497 e. The van der Waals surface area contributed by atoms with E-state index in [4.69, 9.17) is 28.4 Å². The Labute approximate surface area is 256 Å². The SMILES string of the molecule is COc1ccc(COC2O[C@@H]3[C@H](O)[C@@H]4OC(=O)C[C@@H]4[C@](NC(C)=O)([C@@H]2OCc2ccccc2)[C@@H]3OCc2ccccc2)cc1. The molecular formula is C34H37NO9. The standard InChI is InChI=1S/C34H37NO9/c1-21(36)35-34-26-17-27(37)43-29(26)28(38)30(31(34)40-18-22-9-5-3-6-10-22)44-33(32(34)41-19-23-11-7-4-8-12-23)42-20-24-13-15-25(39-2)16-14-24/h3-16,26,28-33,38H,17-20H2,1-2H3,(H,35,36)/t26-,28+,29+,30+,31+,32+,33?,34+/m0/s1. The zero-order valence-corrected chi connectivity index (χ0v) is 24.7. The zero-order valence-electron chi connectivity index (χ0n) is 24.7. The number of esters is 1. The molecule has 3 aromatic carbocycles. The average Bonchev–Trinajstić information content (AvgIpc) is 3.44. The summed E-state index contributed by atoms with van der Waals surface area (Å²) in [5.74, 6) is -0.793. The number of rotatable bonds is 11. The Kier molecular flexibility index (Phi) is 8.97. The van der Waals surface area contributed by atoms with Crippen LogP contribution in [0.5, 0.6) is 5.75 Å². The van der Waals surface area contributed by atoms with Crippen molar-refractivity contribution in [1.29, 1.82) is 0 Å². The monoisotopic (exact) mass is 603 g/mol. The summed E-state index contributed by atoms with van der Waals surface area (Å²) < 4.78 is 37.0. The van der Waals surface area contributed by atoms with Crippen LogP contribution in [0.15, 0.2) is 84.9 Å². The number of benzene rings is 3. The van der Waals surface area contributed by atoms with Crippen LogP contribution in [-0.4, -0.2) is 66.4 Å². The van der Waals surface area contributed by atoms with Crippen molar-refractivity contribution in [3.8, 4) is 5.75 Å². The third kappa shape index (κ3) is 5.96. The number of carbonyl (C=O) groups excluding carboxylic acids is 2. The molecule has 232 valence electrons. The van der Waals surface area contributed by atoms with Gasteiger partial charge in [-0.2, -0.15) is 0 Å². The molecule has 44 heavy (non-hydrogen) atoms. The Morgan fingerprint density at radius 2 is 1.41 bits per heavy atom. The molecule has 2 N–H and O–H groups in total. The number of methoxy groups -OCH3 is 1. The van der Waals surface area contributed by atoms with Gasteiger partial charge in [0.05, 0.1) is 33.4 Å². The smallest absolute Gasteiger partial charge is 0.306 e. The summed E-state index contributed by atoms with van der Waals surface area (Å²) in [4.78, 5) is 25.8. The van der Waals surface area contributed by atoms with Gasteiger partial charge in [-0.25, -0.2) is 0 Å². The fourth-order valence-corrected chi connectivity index (χ4v) is 6.69. The largest absolute Gasteiger partial charge is 0.497 e. The molecule has 6 rings (SSSR count). The molecule has 3 aromatic rings. The van der Waals surface area contributed by atoms with Crippen molar-refractivity contribution in [1.82, 2.24) is 5.32 Å². The summed E-state index contributed by atoms with van der Waals surface area (Å²) in [7, 11) is 1.60. The maximum absolute atomic E-state index is 13.0. The summed E-state index contributed by atoms with van der Waals surface area (Å²) in [6, 6.07) is 26.6. The van der Waals surface area contributed by atoms with E-state index in [1.54, 1.807) is 7.11 Å². The van der Waals surface area contributed by atoms with Gasteiger partial charge in [0.15, 0.2) is 6.29 Å². The molecule has 1 amide bonds. The van der Waals surface area contributed by atoms with Gasteiger partial charge in [-0.05, 0) is 28.8 Å². The number of aliphatic hydroxyl groups is 1. The van der Waals surface area contributed by atoms with Crippen LogP contribution in [-0.2, 0) is 53.1 Å². The van der Waals surface area contributed by atoms with E-state index in [9.17, 15) is 14.7 Å². The molecule has 3 aliphatic rings. The van der Waals surface area contributed by atoms with E-state index in [1.165, 1.54) is 6.92 Å². The van der Waals surface area contributed by atoms with Crippen LogP contribution in [0.25, 0.3) is 0 Å². The van der Waals surface area contributed by atoms with Crippen molar-refractivity contribution in [3.63, 3.8) is 0 Å². The van der Waals surface area contributed by atoms with Crippen molar-refractivity contribution < 1.29 is 43.1 Å². The number of fused-ring (bicyclic) bond motifs is 4. The predicted octanol–water partition coefficient (Wildman–Crippen LogP) is 3.29. The molecule has 0 radical (unpaired) electrons. The number of aliphatic hydroxyl groups excluding tert-OH is 1. The lowest BCUT2D eigenvalue weighted by molar-refractivity contribution is -0.358. The molecule has 0 aromatic heterocycles. The molecular weight excluding hydrogens is 566 g/mol. The van der Waals surface area contributed by atoms with Gasteiger partial charge in [-0.1, -0.05) is 72.8 Å². The van der Waals surface area contributed by atoms with Crippen molar-refractivity contribution in [2.24, 2.45) is 5.92 Å². The Morgan fingerprint density at radius 3 is 2.00 bits per heavy atom. The minimum absolute atomic E-state index is 0.0453. The van der Waals surface area contributed by atoms with Gasteiger partial charge < -0.3 is 38.8 Å². The second-order valence-electron chi connectivity index (χ2n) is 11.4. The van der Waals surface area contributed by atoms with E-state index in [0.29, 0.717) is 5.75 Å². The molecule has 8 atom stereocenters. The van der Waals surface area contributed by atoms with Crippen molar-refractivity contribution in [2.45, 2.75) is 75.5 Å². The number of carbonyl (C=O) groups is 2. The molecule has 1 aliphatic carbocycles. The number of nitrogens with one attached hydrogen (secondary N) is 1. The van der Waals surface area contributed by atoms with Crippen LogP contribution in [0.1, 0.15) is 30.0 Å². The lowest BCUT2D eigenvalue weighted by atomic mass is 9.61. The quantitative estimate of drug-likeness (QED) is 0.318. The van der Waals surface area contributed by atoms with Crippen LogP contribution >= 0.6 is 0 Å². The Balaban J connectivity index is 1.40. The van der Waals surface area contributed by atoms with Crippen LogP contribution in [0, 0.1) is 5.92 Å². The highest BCUT2D eigenvalue weighted by atomic mass is 16.7. The lowest BCUT2D eigenvalue weighted by Crippen LogP contribution is -2.83. The molecule has 2 heterocycles. The maximum Gasteiger partial charge on any atom is 0.306 e. The molecule has 0 spiro atoms. The van der Waals surface area contributed by atoms with Gasteiger partial charge in [0.25, 0.3) is 0 Å². The molecule has 3 fully saturated rings. The lowest BCUT2D eigenvalue weighted by Gasteiger charge is -2.61. The molecule has 10 heteroatoms. The van der Waals surface area contributed by atoms with Crippen molar-refractivity contribution in [2.75, 3.05) is 7.11 Å². The van der Waals surface area contributed by atoms with Gasteiger partial charge in [-0.15, -0.1) is 0 Å². The van der Waals surface area contributed by atoms with Gasteiger partial charge >= 0.3 is 5.97 Å². The Morgan fingerprint density at radius 1 is 0.841 bits per heavy atom. The van der Waals surface area contributed by atoms with E-state index in [1.807, 2.05) is 84.9 Å². The predicted molar refractivity (Wildman–Crippen MR) is 157 cm³/mol. The third-order valence-electron chi connectivity index (χ3n) is 8.63. The molecule has 1 unspecified atom stereocenters.